The topological polar surface area (TPSA) is 49.4 Å². The summed E-state index contributed by atoms with van der Waals surface area (Å²) < 4.78 is 0. The van der Waals surface area contributed by atoms with E-state index in [-0.39, 0.29) is 11.8 Å². The molecule has 142 valence electrons. The third kappa shape index (κ3) is 4.57. The van der Waals surface area contributed by atoms with Crippen molar-refractivity contribution in [2.45, 2.75) is 46.6 Å². The molecule has 1 N–H and O–H groups in total. The van der Waals surface area contributed by atoms with E-state index in [4.69, 9.17) is 0 Å². The van der Waals surface area contributed by atoms with Crippen LogP contribution >= 0.6 is 0 Å². The molecule has 0 aliphatic heterocycles. The zero-order valence-electron chi connectivity index (χ0n) is 16.6. The highest BCUT2D eigenvalue weighted by Crippen LogP contribution is 2.28. The van der Waals surface area contributed by atoms with Gasteiger partial charge in [-0.25, -0.2) is 0 Å². The van der Waals surface area contributed by atoms with Gasteiger partial charge in [-0.15, -0.1) is 0 Å². The molecule has 2 amide bonds. The molecule has 0 unspecified atom stereocenters. The van der Waals surface area contributed by atoms with E-state index in [1.807, 2.05) is 69.0 Å². The van der Waals surface area contributed by atoms with Crippen LogP contribution in [0.2, 0.25) is 0 Å². The fourth-order valence-corrected chi connectivity index (χ4v) is 3.15. The number of rotatable bonds is 6. The van der Waals surface area contributed by atoms with E-state index in [0.717, 1.165) is 29.5 Å². The average Bonchev–Trinajstić information content (AvgIpc) is 3.47. The maximum Gasteiger partial charge on any atom is 0.254 e. The Hall–Kier alpha value is -2.62. The van der Waals surface area contributed by atoms with Crippen LogP contribution in [0.4, 0.5) is 0 Å². The monoisotopic (exact) mass is 364 g/mol. The maximum atomic E-state index is 12.9. The minimum Gasteiger partial charge on any atom is -0.350 e. The Bertz CT molecular complexity index is 869. The first-order valence-electron chi connectivity index (χ1n) is 9.60. The van der Waals surface area contributed by atoms with Gasteiger partial charge in [0.1, 0.15) is 0 Å². The molecule has 1 fully saturated rings. The third-order valence-electron chi connectivity index (χ3n) is 5.41. The third-order valence-corrected chi connectivity index (χ3v) is 5.41. The number of nitrogens with one attached hydrogen (secondary N) is 1. The highest BCUT2D eigenvalue weighted by molar-refractivity contribution is 5.95. The number of carbonyl (C=O) groups excluding carboxylic acids is 2. The molecular weight excluding hydrogens is 336 g/mol. The molecule has 0 radical (unpaired) electrons. The highest BCUT2D eigenvalue weighted by Gasteiger charge is 2.32. The zero-order valence-corrected chi connectivity index (χ0v) is 16.6. The summed E-state index contributed by atoms with van der Waals surface area (Å²) in [4.78, 5) is 27.2. The van der Waals surface area contributed by atoms with Crippen LogP contribution in [-0.4, -0.2) is 35.8 Å². The number of nitrogens with zero attached hydrogens (tertiary/aromatic N) is 1. The summed E-state index contributed by atoms with van der Waals surface area (Å²) in [5, 5.41) is 2.95. The smallest absolute Gasteiger partial charge is 0.254 e. The number of aryl methyl sites for hydroxylation is 4. The largest absolute Gasteiger partial charge is 0.350 e. The lowest BCUT2D eigenvalue weighted by Crippen LogP contribution is -2.40. The molecule has 0 atom stereocenters. The SMILES string of the molecule is Cc1ccc(C(=O)NCCN(C(=O)c2ccc(C)c(C)c2)C2CC2)cc1C. The second kappa shape index (κ2) is 7.95. The van der Waals surface area contributed by atoms with Crippen molar-refractivity contribution in [3.8, 4) is 0 Å². The first-order chi connectivity index (χ1) is 12.9. The van der Waals surface area contributed by atoms with Crippen molar-refractivity contribution in [1.29, 1.82) is 0 Å². The highest BCUT2D eigenvalue weighted by atomic mass is 16.2. The standard InChI is InChI=1S/C23H28N2O2/c1-15-5-7-19(13-17(15)3)22(26)24-11-12-25(21-9-10-21)23(27)20-8-6-16(2)18(4)14-20/h5-8,13-14,21H,9-12H2,1-4H3,(H,24,26). The second-order valence-corrected chi connectivity index (χ2v) is 7.58. The van der Waals surface area contributed by atoms with Crippen molar-refractivity contribution in [2.24, 2.45) is 0 Å². The van der Waals surface area contributed by atoms with Crippen LogP contribution in [0, 0.1) is 27.7 Å². The first kappa shape index (κ1) is 19.2. The van der Waals surface area contributed by atoms with Crippen molar-refractivity contribution in [3.05, 3.63) is 69.8 Å². The average molecular weight is 364 g/mol. The van der Waals surface area contributed by atoms with Crippen molar-refractivity contribution >= 4 is 11.8 Å². The Morgan fingerprint density at radius 3 is 2.00 bits per heavy atom. The molecule has 0 heterocycles. The summed E-state index contributed by atoms with van der Waals surface area (Å²) in [6.45, 7) is 9.10. The lowest BCUT2D eigenvalue weighted by atomic mass is 10.1. The van der Waals surface area contributed by atoms with E-state index >= 15 is 0 Å². The Morgan fingerprint density at radius 2 is 1.44 bits per heavy atom. The maximum absolute atomic E-state index is 12.9. The zero-order chi connectivity index (χ0) is 19.6. The summed E-state index contributed by atoms with van der Waals surface area (Å²) in [5.74, 6) is -0.0338. The number of hydrogen-bond acceptors (Lipinski definition) is 2. The minimum atomic E-state index is -0.0903. The van der Waals surface area contributed by atoms with E-state index in [0.29, 0.717) is 24.7 Å². The second-order valence-electron chi connectivity index (χ2n) is 7.58. The van der Waals surface area contributed by atoms with E-state index in [9.17, 15) is 9.59 Å². The minimum absolute atomic E-state index is 0.0565. The summed E-state index contributed by atoms with van der Waals surface area (Å²) in [5.41, 5.74) is 5.98. The summed E-state index contributed by atoms with van der Waals surface area (Å²) in [6, 6.07) is 11.9. The Kier molecular flexibility index (Phi) is 5.64. The lowest BCUT2D eigenvalue weighted by molar-refractivity contribution is 0.0736. The molecule has 1 aliphatic rings. The van der Waals surface area contributed by atoms with Gasteiger partial charge >= 0.3 is 0 Å². The van der Waals surface area contributed by atoms with Crippen molar-refractivity contribution in [2.75, 3.05) is 13.1 Å². The molecule has 0 spiro atoms. The molecule has 2 aromatic rings. The summed E-state index contributed by atoms with van der Waals surface area (Å²) in [7, 11) is 0. The lowest BCUT2D eigenvalue weighted by Gasteiger charge is -2.23. The predicted molar refractivity (Wildman–Crippen MR) is 108 cm³/mol. The van der Waals surface area contributed by atoms with Gasteiger partial charge in [-0.1, -0.05) is 12.1 Å². The van der Waals surface area contributed by atoms with Gasteiger partial charge in [0.25, 0.3) is 11.8 Å². The van der Waals surface area contributed by atoms with Gasteiger partial charge in [0, 0.05) is 30.3 Å². The molecule has 0 aromatic heterocycles. The molecule has 1 saturated carbocycles. The number of carbonyl (C=O) groups is 2. The van der Waals surface area contributed by atoms with Crippen LogP contribution in [0.25, 0.3) is 0 Å². The van der Waals surface area contributed by atoms with E-state index < -0.39 is 0 Å². The molecule has 1 aliphatic carbocycles. The van der Waals surface area contributed by atoms with Gasteiger partial charge in [-0.3, -0.25) is 9.59 Å². The molecular formula is C23H28N2O2. The van der Waals surface area contributed by atoms with Gasteiger partial charge in [0.2, 0.25) is 0 Å². The molecule has 4 nitrogen and oxygen atoms in total. The van der Waals surface area contributed by atoms with Crippen molar-refractivity contribution in [1.82, 2.24) is 10.2 Å². The quantitative estimate of drug-likeness (QED) is 0.844. The molecule has 4 heteroatoms. The van der Waals surface area contributed by atoms with Crippen LogP contribution in [-0.2, 0) is 0 Å². The van der Waals surface area contributed by atoms with Gasteiger partial charge in [-0.05, 0) is 87.1 Å². The number of benzene rings is 2. The van der Waals surface area contributed by atoms with Gasteiger partial charge in [0.15, 0.2) is 0 Å². The molecule has 0 bridgehead atoms. The molecule has 3 rings (SSSR count). The normalized spacial score (nSPS) is 13.3. The first-order valence-corrected chi connectivity index (χ1v) is 9.60. The van der Waals surface area contributed by atoms with Crippen molar-refractivity contribution < 1.29 is 9.59 Å². The van der Waals surface area contributed by atoms with Gasteiger partial charge in [-0.2, -0.15) is 0 Å². The molecule has 0 saturated heterocycles. The van der Waals surface area contributed by atoms with E-state index in [2.05, 4.69) is 5.32 Å². The predicted octanol–water partition coefficient (Wildman–Crippen LogP) is 3.95. The summed E-state index contributed by atoms with van der Waals surface area (Å²) >= 11 is 0. The Morgan fingerprint density at radius 1 is 0.889 bits per heavy atom. The fourth-order valence-electron chi connectivity index (χ4n) is 3.15. The van der Waals surface area contributed by atoms with Gasteiger partial charge < -0.3 is 10.2 Å². The van der Waals surface area contributed by atoms with Crippen molar-refractivity contribution in [3.63, 3.8) is 0 Å². The van der Waals surface area contributed by atoms with E-state index in [1.54, 1.807) is 0 Å². The number of hydrogen-bond donors (Lipinski definition) is 1. The van der Waals surface area contributed by atoms with E-state index in [1.165, 1.54) is 11.1 Å². The Balaban J connectivity index is 1.61. The van der Waals surface area contributed by atoms with Crippen LogP contribution in [0.15, 0.2) is 36.4 Å². The number of amides is 2. The van der Waals surface area contributed by atoms with Crippen LogP contribution < -0.4 is 5.32 Å². The molecule has 2 aromatic carbocycles. The summed E-state index contributed by atoms with van der Waals surface area (Å²) in [6.07, 6.45) is 2.09. The fraction of sp³-hybridized carbons (Fsp3) is 0.391. The van der Waals surface area contributed by atoms with Crippen LogP contribution in [0.3, 0.4) is 0 Å². The van der Waals surface area contributed by atoms with Gasteiger partial charge in [0.05, 0.1) is 0 Å². The van der Waals surface area contributed by atoms with Crippen LogP contribution in [0.1, 0.15) is 55.8 Å². The Labute approximate surface area is 161 Å². The van der Waals surface area contributed by atoms with Crippen LogP contribution in [0.5, 0.6) is 0 Å². The molecule has 27 heavy (non-hydrogen) atoms.